The summed E-state index contributed by atoms with van der Waals surface area (Å²) < 4.78 is 35.1. The van der Waals surface area contributed by atoms with Crippen LogP contribution in [0, 0.1) is 23.2 Å². The van der Waals surface area contributed by atoms with Crippen LogP contribution in [0.25, 0.3) is 0 Å². The molecule has 13 nitrogen and oxygen atoms in total. The van der Waals surface area contributed by atoms with Gasteiger partial charge in [0.15, 0.2) is 11.4 Å². The average molecular weight is 707 g/mol. The number of benzene rings is 2. The molecule has 0 spiro atoms. The van der Waals surface area contributed by atoms with Crippen molar-refractivity contribution >= 4 is 29.8 Å². The largest absolute Gasteiger partial charge is 0.508 e. The van der Waals surface area contributed by atoms with Crippen LogP contribution in [0.4, 0.5) is 4.79 Å². The fourth-order valence-electron chi connectivity index (χ4n) is 8.51. The van der Waals surface area contributed by atoms with Crippen LogP contribution in [0.3, 0.4) is 0 Å². The van der Waals surface area contributed by atoms with Gasteiger partial charge < -0.3 is 38.6 Å². The topological polar surface area (TPSA) is 181 Å². The van der Waals surface area contributed by atoms with Gasteiger partial charge in [-0.3, -0.25) is 14.4 Å². The van der Waals surface area contributed by atoms with Crippen molar-refractivity contribution in [1.82, 2.24) is 0 Å². The lowest BCUT2D eigenvalue weighted by Crippen LogP contribution is -2.78. The number of Topliss-reactive ketones (excluding diaryl/α,β-unsaturated/α-hetero) is 1. The number of ketones is 1. The molecule has 2 unspecified atom stereocenters. The number of carbonyl (C=O) groups is 5. The Morgan fingerprint density at radius 3 is 2.18 bits per heavy atom. The molecule has 2 aromatic carbocycles. The van der Waals surface area contributed by atoms with Gasteiger partial charge in [0.25, 0.3) is 0 Å². The Morgan fingerprint density at radius 2 is 1.59 bits per heavy atom. The Kier molecular flexibility index (Phi) is 9.59. The number of hydrogen-bond donors (Lipinski definition) is 2. The summed E-state index contributed by atoms with van der Waals surface area (Å²) in [7, 11) is 0. The lowest BCUT2D eigenvalue weighted by Gasteiger charge is -2.64. The number of aliphatic hydroxyl groups is 2. The normalized spacial score (nSPS) is 33.5. The van der Waals surface area contributed by atoms with Gasteiger partial charge in [-0.05, 0) is 23.3 Å². The van der Waals surface area contributed by atoms with Crippen LogP contribution in [-0.2, 0) is 49.4 Å². The zero-order chi connectivity index (χ0) is 36.9. The van der Waals surface area contributed by atoms with Crippen molar-refractivity contribution in [2.45, 2.75) is 89.7 Å². The predicted molar refractivity (Wildman–Crippen MR) is 175 cm³/mol. The van der Waals surface area contributed by atoms with Gasteiger partial charge >= 0.3 is 24.1 Å². The molecule has 2 saturated carbocycles. The summed E-state index contributed by atoms with van der Waals surface area (Å²) in [4.78, 5) is 67.8. The molecule has 13 heteroatoms. The van der Waals surface area contributed by atoms with E-state index >= 15 is 4.79 Å². The second-order valence-corrected chi connectivity index (χ2v) is 14.3. The van der Waals surface area contributed by atoms with Gasteiger partial charge in [0, 0.05) is 38.0 Å². The van der Waals surface area contributed by atoms with Crippen molar-refractivity contribution in [1.29, 1.82) is 0 Å². The first-order valence-electron chi connectivity index (χ1n) is 16.9. The molecule has 1 heterocycles. The molecule has 6 rings (SSSR count). The first kappa shape index (κ1) is 36.2. The third-order valence-corrected chi connectivity index (χ3v) is 11.0. The third-order valence-electron chi connectivity index (χ3n) is 11.0. The predicted octanol–water partition coefficient (Wildman–Crippen LogP) is 3.83. The number of hydrogen-bond acceptors (Lipinski definition) is 13. The molecular formula is C38H42O13. The van der Waals surface area contributed by atoms with Crippen LogP contribution >= 0.6 is 0 Å². The Hall–Kier alpha value is -4.59. The smallest absolute Gasteiger partial charge is 0.455 e. The van der Waals surface area contributed by atoms with E-state index in [9.17, 15) is 29.4 Å². The third kappa shape index (κ3) is 6.21. The molecule has 272 valence electrons. The first-order chi connectivity index (χ1) is 24.1. The van der Waals surface area contributed by atoms with Crippen LogP contribution in [0.15, 0.2) is 72.0 Å². The van der Waals surface area contributed by atoms with Crippen molar-refractivity contribution in [2.75, 3.05) is 6.61 Å². The van der Waals surface area contributed by atoms with E-state index < -0.39 is 94.4 Å². The Bertz CT molecular complexity index is 1740. The van der Waals surface area contributed by atoms with Gasteiger partial charge in [0.2, 0.25) is 5.78 Å². The highest BCUT2D eigenvalue weighted by Gasteiger charge is 2.75. The summed E-state index contributed by atoms with van der Waals surface area (Å²) in [5, 5.41) is 24.6. The van der Waals surface area contributed by atoms with Gasteiger partial charge in [0.05, 0.1) is 30.1 Å². The maximum Gasteiger partial charge on any atom is 0.508 e. The first-order valence-corrected chi connectivity index (χ1v) is 16.9. The molecule has 1 saturated heterocycles. The van der Waals surface area contributed by atoms with Crippen molar-refractivity contribution < 1.29 is 62.6 Å². The molecule has 3 aliphatic carbocycles. The molecule has 0 aromatic heterocycles. The lowest BCUT2D eigenvalue weighted by molar-refractivity contribution is -0.332. The van der Waals surface area contributed by atoms with Gasteiger partial charge in [-0.15, -0.1) is 0 Å². The van der Waals surface area contributed by atoms with Gasteiger partial charge in [0.1, 0.15) is 30.5 Å². The quantitative estimate of drug-likeness (QED) is 0.314. The maximum atomic E-state index is 15.1. The average Bonchev–Trinajstić information content (AvgIpc) is 3.07. The molecule has 2 bridgehead atoms. The van der Waals surface area contributed by atoms with Crippen LogP contribution in [0.5, 0.6) is 0 Å². The second kappa shape index (κ2) is 13.5. The monoisotopic (exact) mass is 706 g/mol. The van der Waals surface area contributed by atoms with E-state index in [-0.39, 0.29) is 37.2 Å². The van der Waals surface area contributed by atoms with E-state index in [1.807, 2.05) is 0 Å². The molecular weight excluding hydrogens is 664 g/mol. The zero-order valence-electron chi connectivity index (χ0n) is 29.0. The van der Waals surface area contributed by atoms with E-state index in [0.717, 1.165) is 6.92 Å². The molecule has 9 atom stereocenters. The number of esters is 3. The summed E-state index contributed by atoms with van der Waals surface area (Å²) in [6.45, 7) is 6.73. The zero-order valence-corrected chi connectivity index (χ0v) is 29.0. The highest BCUT2D eigenvalue weighted by Crippen LogP contribution is 2.62. The van der Waals surface area contributed by atoms with Gasteiger partial charge in [-0.25, -0.2) is 9.59 Å². The molecule has 0 amide bonds. The van der Waals surface area contributed by atoms with E-state index in [1.165, 1.54) is 19.1 Å². The number of aliphatic hydroxyl groups excluding tert-OH is 1. The summed E-state index contributed by atoms with van der Waals surface area (Å²) in [5.41, 5.74) is -4.45. The summed E-state index contributed by atoms with van der Waals surface area (Å²) in [5.74, 6) is -7.53. The number of fused-ring (bicyclic) bond motifs is 5. The minimum Gasteiger partial charge on any atom is -0.455 e. The molecule has 4 aliphatic rings. The van der Waals surface area contributed by atoms with Gasteiger partial charge in [-0.1, -0.05) is 69.3 Å². The molecule has 1 aliphatic heterocycles. The fraction of sp³-hybridized carbons (Fsp3) is 0.500. The minimum absolute atomic E-state index is 0.113. The number of rotatable bonds is 7. The standard InChI is InChI=1S/C38H42O13/c1-20-25(41)17-38(45)33(50-34(43)24-14-10-7-11-15-24)30-28(31(42)32(48-21(2)39)29(20)36(38,4)5)26(16-27-37(30,19-47-27)51-22(3)40)49-35(44)46-18-23-12-8-6-9-13-23/h6-15,20,25-28,30,33,41,45H,16-19H2,1-5H3/t20?,25-,26-,27+,28?,30+,33-,37-,38+/m0/s1. The van der Waals surface area contributed by atoms with E-state index in [4.69, 9.17) is 28.4 Å². The summed E-state index contributed by atoms with van der Waals surface area (Å²) in [6, 6.07) is 16.8. The SMILES string of the molecule is CC(=O)OC1=C2C(C)[C@@H](O)C[C@@](O)([C@@H](OC(=O)c3ccccc3)[C@H]3C(C1=O)[C@@H](OC(=O)OCc1ccccc1)C[C@H]1OC[C@@]31OC(C)=O)C2(C)C. The highest BCUT2D eigenvalue weighted by atomic mass is 16.7. The molecule has 0 radical (unpaired) electrons. The van der Waals surface area contributed by atoms with E-state index in [1.54, 1.807) is 69.3 Å². The van der Waals surface area contributed by atoms with Gasteiger partial charge in [-0.2, -0.15) is 0 Å². The van der Waals surface area contributed by atoms with Crippen molar-refractivity contribution in [3.63, 3.8) is 0 Å². The number of carbonyl (C=O) groups excluding carboxylic acids is 5. The van der Waals surface area contributed by atoms with Crippen molar-refractivity contribution in [3.05, 3.63) is 83.1 Å². The molecule has 2 N–H and O–H groups in total. The number of ether oxygens (including phenoxy) is 6. The van der Waals surface area contributed by atoms with Crippen LogP contribution < -0.4 is 0 Å². The van der Waals surface area contributed by atoms with E-state index in [2.05, 4.69) is 0 Å². The van der Waals surface area contributed by atoms with Crippen molar-refractivity contribution in [2.24, 2.45) is 23.2 Å². The number of allylic oxidation sites excluding steroid dienone is 1. The molecule has 3 fully saturated rings. The van der Waals surface area contributed by atoms with Crippen LogP contribution in [0.2, 0.25) is 0 Å². The lowest BCUT2D eigenvalue weighted by atomic mass is 9.48. The fourth-order valence-corrected chi connectivity index (χ4v) is 8.51. The highest BCUT2D eigenvalue weighted by molar-refractivity contribution is 5.99. The van der Waals surface area contributed by atoms with Crippen LogP contribution in [-0.4, -0.2) is 82.3 Å². The molecule has 2 aromatic rings. The van der Waals surface area contributed by atoms with Crippen molar-refractivity contribution in [3.8, 4) is 0 Å². The second-order valence-electron chi connectivity index (χ2n) is 14.3. The summed E-state index contributed by atoms with van der Waals surface area (Å²) >= 11 is 0. The minimum atomic E-state index is -2.18. The Labute approximate surface area is 294 Å². The Morgan fingerprint density at radius 1 is 0.941 bits per heavy atom. The Balaban J connectivity index is 1.56. The van der Waals surface area contributed by atoms with Crippen LogP contribution in [0.1, 0.15) is 63.4 Å². The van der Waals surface area contributed by atoms with E-state index in [0.29, 0.717) is 5.56 Å². The summed E-state index contributed by atoms with van der Waals surface area (Å²) in [6.07, 6.45) is -6.97. The maximum absolute atomic E-state index is 15.1. The molecule has 51 heavy (non-hydrogen) atoms.